The number of carboxylic acid groups (broad SMARTS) is 1. The molecule has 5 aromatic rings. The molecule has 330 valence electrons. The van der Waals surface area contributed by atoms with E-state index < -0.39 is 5.97 Å². The Bertz CT molecular complexity index is 2150. The molecule has 0 saturated carbocycles. The van der Waals surface area contributed by atoms with Crippen LogP contribution in [0.1, 0.15) is 159 Å². The van der Waals surface area contributed by atoms with E-state index in [0.29, 0.717) is 0 Å². The molecule has 0 fully saturated rings. The van der Waals surface area contributed by atoms with E-state index in [9.17, 15) is 15.2 Å². The average Bonchev–Trinajstić information content (AvgIpc) is 4.08. The van der Waals surface area contributed by atoms with Gasteiger partial charge >= 0.3 is 5.97 Å². The number of carboxylic acids is 1. The summed E-state index contributed by atoms with van der Waals surface area (Å²) in [5, 5.41) is 20.5. The molecule has 0 bridgehead atoms. The molecule has 1 N–H and O–H groups in total. The minimum Gasteiger partial charge on any atom is -0.494 e. The number of carbonyl (C=O) groups is 1. The lowest BCUT2D eigenvalue weighted by molar-refractivity contribution is -0.132. The highest BCUT2D eigenvalue weighted by molar-refractivity contribution is 7.28. The molecule has 0 atom stereocenters. The van der Waals surface area contributed by atoms with Gasteiger partial charge in [0, 0.05) is 41.2 Å². The van der Waals surface area contributed by atoms with Crippen molar-refractivity contribution in [2.45, 2.75) is 149 Å². The van der Waals surface area contributed by atoms with E-state index in [4.69, 9.17) is 9.47 Å². The highest BCUT2D eigenvalue weighted by Crippen LogP contribution is 2.61. The second-order valence-corrected chi connectivity index (χ2v) is 19.9. The number of ether oxygens (including phenoxy) is 2. The van der Waals surface area contributed by atoms with Gasteiger partial charge in [-0.1, -0.05) is 118 Å². The molecule has 62 heavy (non-hydrogen) atoms. The molecule has 0 amide bonds. The van der Waals surface area contributed by atoms with Crippen molar-refractivity contribution in [3.8, 4) is 37.1 Å². The predicted octanol–water partition coefficient (Wildman–Crippen LogP) is 17.1. The van der Waals surface area contributed by atoms with Gasteiger partial charge < -0.3 is 19.5 Å². The summed E-state index contributed by atoms with van der Waals surface area (Å²) in [5.74, 6) is 0.601. The van der Waals surface area contributed by atoms with Crippen LogP contribution in [-0.4, -0.2) is 24.3 Å². The Balaban J connectivity index is 1.36. The zero-order chi connectivity index (χ0) is 43.7. The van der Waals surface area contributed by atoms with Gasteiger partial charge in [0.05, 0.1) is 13.2 Å². The quantitative estimate of drug-likeness (QED) is 0.0306. The molecule has 0 spiro atoms. The first-order valence-electron chi connectivity index (χ1n) is 23.4. The van der Waals surface area contributed by atoms with E-state index in [0.717, 1.165) is 84.5 Å². The van der Waals surface area contributed by atoms with Gasteiger partial charge in [-0.25, -0.2) is 4.79 Å². The zero-order valence-electron chi connectivity index (χ0n) is 37.4. The summed E-state index contributed by atoms with van der Waals surface area (Å²) < 4.78 is 12.3. The van der Waals surface area contributed by atoms with Crippen LogP contribution in [0.15, 0.2) is 78.4 Å². The lowest BCUT2D eigenvalue weighted by Gasteiger charge is -2.31. The number of nitrogens with zero attached hydrogens (tertiary/aromatic N) is 2. The number of benzene rings is 2. The van der Waals surface area contributed by atoms with Crippen LogP contribution in [-0.2, 0) is 10.2 Å². The largest absolute Gasteiger partial charge is 0.494 e. The molecule has 2 aromatic carbocycles. The standard InChI is InChI=1S/C53H66N2O4S3/c1-5-9-13-17-31-53(32-18-14-10-6-2)45-36-44(35-39(38-54)52(56)57)60-50(45)51-46(53)37-48(62-51)47-29-30-49(61-47)55(40-21-25-42(26-22-40)58-33-19-15-11-7-3)41-23-27-43(28-24-41)59-34-20-16-12-8-4/h21-30,35-37H,5-20,31-34H2,1-4H3,(H,56,57)/b39-35-. The molecule has 6 nitrogen and oxygen atoms in total. The Kier molecular flexibility index (Phi) is 18.2. The first-order valence-corrected chi connectivity index (χ1v) is 25.8. The fourth-order valence-electron chi connectivity index (χ4n) is 8.65. The maximum atomic E-state index is 11.9. The highest BCUT2D eigenvalue weighted by atomic mass is 32.1. The van der Waals surface area contributed by atoms with Crippen LogP contribution in [0.3, 0.4) is 0 Å². The molecule has 0 aliphatic heterocycles. The first-order chi connectivity index (χ1) is 30.3. The minimum atomic E-state index is -1.18. The summed E-state index contributed by atoms with van der Waals surface area (Å²) in [7, 11) is 0. The molecule has 1 aliphatic carbocycles. The molecule has 6 rings (SSSR count). The van der Waals surface area contributed by atoms with E-state index in [1.807, 2.05) is 28.7 Å². The monoisotopic (exact) mass is 890 g/mol. The van der Waals surface area contributed by atoms with Crippen LogP contribution >= 0.6 is 34.0 Å². The normalized spacial score (nSPS) is 12.9. The van der Waals surface area contributed by atoms with Crippen molar-refractivity contribution >= 4 is 62.4 Å². The van der Waals surface area contributed by atoms with E-state index in [1.54, 1.807) is 17.4 Å². The Hall–Kier alpha value is -4.36. The lowest BCUT2D eigenvalue weighted by Crippen LogP contribution is -2.25. The summed E-state index contributed by atoms with van der Waals surface area (Å²) in [6, 6.07) is 28.1. The van der Waals surface area contributed by atoms with Crippen molar-refractivity contribution in [1.82, 2.24) is 0 Å². The number of rotatable bonds is 28. The van der Waals surface area contributed by atoms with Crippen molar-refractivity contribution in [2.75, 3.05) is 18.1 Å². The molecule has 3 heterocycles. The van der Waals surface area contributed by atoms with E-state index >= 15 is 0 Å². The molecule has 0 radical (unpaired) electrons. The Labute approximate surface area is 383 Å². The predicted molar refractivity (Wildman–Crippen MR) is 264 cm³/mol. The number of nitriles is 1. The lowest BCUT2D eigenvalue weighted by atomic mass is 9.71. The number of aliphatic carboxylic acids is 1. The van der Waals surface area contributed by atoms with Crippen molar-refractivity contribution in [3.05, 3.63) is 94.4 Å². The molecular weight excluding hydrogens is 825 g/mol. The third kappa shape index (κ3) is 11.8. The summed E-state index contributed by atoms with van der Waals surface area (Å²) in [6.07, 6.45) is 22.6. The number of hydrogen-bond acceptors (Lipinski definition) is 8. The summed E-state index contributed by atoms with van der Waals surface area (Å²) in [5.41, 5.74) is 4.54. The maximum absolute atomic E-state index is 11.9. The van der Waals surface area contributed by atoms with Crippen LogP contribution in [0.5, 0.6) is 11.5 Å². The van der Waals surface area contributed by atoms with Crippen molar-refractivity contribution in [3.63, 3.8) is 0 Å². The van der Waals surface area contributed by atoms with Gasteiger partial charge in [-0.2, -0.15) is 5.26 Å². The number of hydrogen-bond donors (Lipinski definition) is 1. The number of unbranched alkanes of at least 4 members (excludes halogenated alkanes) is 12. The fraction of sp³-hybridized carbons (Fsp3) is 0.472. The number of fused-ring (bicyclic) bond motifs is 3. The fourth-order valence-corrected chi connectivity index (χ4v) is 12.4. The van der Waals surface area contributed by atoms with Crippen LogP contribution in [0, 0.1) is 11.3 Å². The second kappa shape index (κ2) is 23.9. The minimum absolute atomic E-state index is 0.134. The van der Waals surface area contributed by atoms with E-state index in [1.165, 1.54) is 108 Å². The Morgan fingerprint density at radius 1 is 0.629 bits per heavy atom. The molecule has 0 unspecified atom stereocenters. The maximum Gasteiger partial charge on any atom is 0.346 e. The molecular formula is C53H66N2O4S3. The van der Waals surface area contributed by atoms with Gasteiger partial charge in [-0.05, 0) is 116 Å². The zero-order valence-corrected chi connectivity index (χ0v) is 39.9. The topological polar surface area (TPSA) is 82.8 Å². The third-order valence-electron chi connectivity index (χ3n) is 12.1. The van der Waals surface area contributed by atoms with Crippen LogP contribution < -0.4 is 14.4 Å². The summed E-state index contributed by atoms with van der Waals surface area (Å²) in [6.45, 7) is 10.5. The summed E-state index contributed by atoms with van der Waals surface area (Å²) >= 11 is 5.31. The molecule has 3 aromatic heterocycles. The molecule has 0 saturated heterocycles. The SMILES string of the molecule is CCCCCCOc1ccc(N(c2ccc(OCCCCCC)cc2)c2ccc(-c3cc4c(s3)-c3sc(/C=C(/C#N)C(=O)O)cc3C4(CCCCCC)CCCCCC)s2)cc1. The van der Waals surface area contributed by atoms with Gasteiger partial charge in [-0.15, -0.1) is 34.0 Å². The van der Waals surface area contributed by atoms with E-state index in [-0.39, 0.29) is 11.0 Å². The number of thiophene rings is 3. The van der Waals surface area contributed by atoms with Crippen molar-refractivity contribution in [1.29, 1.82) is 5.26 Å². The number of anilines is 3. The molecule has 1 aliphatic rings. The highest BCUT2D eigenvalue weighted by Gasteiger charge is 2.45. The van der Waals surface area contributed by atoms with Gasteiger partial charge in [0.1, 0.15) is 28.1 Å². The van der Waals surface area contributed by atoms with Crippen LogP contribution in [0.2, 0.25) is 0 Å². The first kappa shape index (κ1) is 47.1. The van der Waals surface area contributed by atoms with E-state index in [2.05, 4.69) is 105 Å². The second-order valence-electron chi connectivity index (χ2n) is 16.7. The van der Waals surface area contributed by atoms with Gasteiger partial charge in [0.25, 0.3) is 0 Å². The summed E-state index contributed by atoms with van der Waals surface area (Å²) in [4.78, 5) is 20.1. The van der Waals surface area contributed by atoms with Crippen LogP contribution in [0.25, 0.3) is 25.6 Å². The van der Waals surface area contributed by atoms with Crippen LogP contribution in [0.4, 0.5) is 16.4 Å². The van der Waals surface area contributed by atoms with Gasteiger partial charge in [0.15, 0.2) is 0 Å². The smallest absolute Gasteiger partial charge is 0.346 e. The van der Waals surface area contributed by atoms with Crippen molar-refractivity contribution < 1.29 is 19.4 Å². The Morgan fingerprint density at radius 2 is 1.13 bits per heavy atom. The third-order valence-corrected chi connectivity index (χ3v) is 15.7. The average molecular weight is 891 g/mol. The molecule has 9 heteroatoms. The van der Waals surface area contributed by atoms with Gasteiger partial charge in [0.2, 0.25) is 0 Å². The Morgan fingerprint density at radius 3 is 1.63 bits per heavy atom. The van der Waals surface area contributed by atoms with Crippen molar-refractivity contribution in [2.24, 2.45) is 0 Å². The van der Waals surface area contributed by atoms with Gasteiger partial charge in [-0.3, -0.25) is 0 Å².